The van der Waals surface area contributed by atoms with E-state index in [1.54, 1.807) is 28.8 Å². The fourth-order valence-electron chi connectivity index (χ4n) is 4.53. The number of aromatic nitrogens is 2. The van der Waals surface area contributed by atoms with Gasteiger partial charge in [-0.2, -0.15) is 4.31 Å². The highest BCUT2D eigenvalue weighted by atomic mass is 32.2. The zero-order chi connectivity index (χ0) is 23.1. The molecule has 0 atom stereocenters. The topological polar surface area (TPSA) is 75.2 Å². The Labute approximate surface area is 198 Å². The molecule has 0 amide bonds. The Bertz CT molecular complexity index is 1650. The molecule has 0 spiro atoms. The third-order valence-electron chi connectivity index (χ3n) is 6.32. The second-order valence-electron chi connectivity index (χ2n) is 8.44. The quantitative estimate of drug-likeness (QED) is 0.390. The highest BCUT2D eigenvalue weighted by molar-refractivity contribution is 7.89. The first-order chi connectivity index (χ1) is 16.6. The maximum Gasteiger partial charge on any atom is 0.243 e. The van der Waals surface area contributed by atoms with Crippen molar-refractivity contribution in [2.24, 2.45) is 0 Å². The molecule has 6 nitrogen and oxygen atoms in total. The molecule has 3 heterocycles. The Kier molecular flexibility index (Phi) is 5.01. The zero-order valence-electron chi connectivity index (χ0n) is 18.3. The Hall–Kier alpha value is -3.81. The number of hydrogen-bond acceptors (Lipinski definition) is 5. The molecule has 1 aliphatic heterocycles. The van der Waals surface area contributed by atoms with Crippen molar-refractivity contribution in [3.63, 3.8) is 0 Å². The van der Waals surface area contributed by atoms with E-state index in [1.165, 1.54) is 0 Å². The predicted molar refractivity (Wildman–Crippen MR) is 135 cm³/mol. The molecule has 5 aromatic rings. The molecule has 0 saturated carbocycles. The van der Waals surface area contributed by atoms with Crippen molar-refractivity contribution in [1.29, 1.82) is 0 Å². The average Bonchev–Trinajstić information content (AvgIpc) is 2.88. The maximum absolute atomic E-state index is 13.4. The first-order valence-electron chi connectivity index (χ1n) is 11.2. The molecule has 0 fully saturated rings. The van der Waals surface area contributed by atoms with Crippen molar-refractivity contribution in [3.8, 4) is 0 Å². The van der Waals surface area contributed by atoms with E-state index in [1.807, 2.05) is 66.7 Å². The lowest BCUT2D eigenvalue weighted by molar-refractivity contribution is 0.391. The summed E-state index contributed by atoms with van der Waals surface area (Å²) in [7, 11) is -3.61. The number of fused-ring (bicyclic) bond motifs is 3. The SMILES string of the molecule is O=S(=O)(c1ccc2ccccc2c1)N1CCc2c(ccnc2Nc2cnc3ccccc3c2)C1. The van der Waals surface area contributed by atoms with Gasteiger partial charge in [0.05, 0.1) is 22.3 Å². The summed E-state index contributed by atoms with van der Waals surface area (Å²) in [5, 5.41) is 6.38. The number of pyridine rings is 2. The molecule has 34 heavy (non-hydrogen) atoms. The lowest BCUT2D eigenvalue weighted by Crippen LogP contribution is -2.36. The highest BCUT2D eigenvalue weighted by Crippen LogP contribution is 2.31. The van der Waals surface area contributed by atoms with Crippen LogP contribution in [0.1, 0.15) is 11.1 Å². The van der Waals surface area contributed by atoms with Gasteiger partial charge in [-0.1, -0.05) is 48.5 Å². The first kappa shape index (κ1) is 20.8. The number of sulfonamides is 1. The normalized spacial score (nSPS) is 14.2. The third-order valence-corrected chi connectivity index (χ3v) is 8.16. The molecular formula is C27H22N4O2S. The average molecular weight is 467 g/mol. The van der Waals surface area contributed by atoms with E-state index in [0.717, 1.165) is 44.3 Å². The summed E-state index contributed by atoms with van der Waals surface area (Å²) in [5.41, 5.74) is 3.79. The smallest absolute Gasteiger partial charge is 0.243 e. The van der Waals surface area contributed by atoms with E-state index in [2.05, 4.69) is 15.3 Å². The number of benzene rings is 3. The van der Waals surface area contributed by atoms with Gasteiger partial charge >= 0.3 is 0 Å². The van der Waals surface area contributed by atoms with Crippen LogP contribution in [-0.4, -0.2) is 29.2 Å². The summed E-state index contributed by atoms with van der Waals surface area (Å²) >= 11 is 0. The number of hydrogen-bond donors (Lipinski definition) is 1. The summed E-state index contributed by atoms with van der Waals surface area (Å²) < 4.78 is 28.4. The minimum absolute atomic E-state index is 0.317. The van der Waals surface area contributed by atoms with Gasteiger partial charge in [-0.3, -0.25) is 4.98 Å². The minimum Gasteiger partial charge on any atom is -0.339 e. The van der Waals surface area contributed by atoms with Crippen LogP contribution in [-0.2, 0) is 23.0 Å². The van der Waals surface area contributed by atoms with Gasteiger partial charge in [0.1, 0.15) is 5.82 Å². The van der Waals surface area contributed by atoms with Crippen LogP contribution < -0.4 is 5.32 Å². The maximum atomic E-state index is 13.4. The Morgan fingerprint density at radius 1 is 0.824 bits per heavy atom. The second-order valence-corrected chi connectivity index (χ2v) is 10.4. The standard InChI is InChI=1S/C27H22N4O2S/c32-34(33,24-10-9-19-5-1-2-6-20(19)16-24)31-14-12-25-22(18-31)11-13-28-27(25)30-23-15-21-7-3-4-8-26(21)29-17-23/h1-11,13,15-17H,12,14,18H2,(H,28,30). The zero-order valence-corrected chi connectivity index (χ0v) is 19.2. The first-order valence-corrected chi connectivity index (χ1v) is 12.6. The Morgan fingerprint density at radius 2 is 1.62 bits per heavy atom. The summed E-state index contributed by atoms with van der Waals surface area (Å²) in [6.45, 7) is 0.718. The second kappa shape index (κ2) is 8.20. The van der Waals surface area contributed by atoms with Crippen LogP contribution in [0.15, 0.2) is 96.2 Å². The summed E-state index contributed by atoms with van der Waals surface area (Å²) in [5.74, 6) is 0.748. The van der Waals surface area contributed by atoms with Crippen LogP contribution in [0.25, 0.3) is 21.7 Å². The summed E-state index contributed by atoms with van der Waals surface area (Å²) in [6.07, 6.45) is 4.10. The molecule has 0 unspecified atom stereocenters. The largest absolute Gasteiger partial charge is 0.339 e. The van der Waals surface area contributed by atoms with Crippen molar-refractivity contribution in [1.82, 2.24) is 14.3 Å². The van der Waals surface area contributed by atoms with Crippen molar-refractivity contribution in [3.05, 3.63) is 102 Å². The molecule has 1 N–H and O–H groups in total. The van der Waals surface area contributed by atoms with Gasteiger partial charge in [0.2, 0.25) is 10.0 Å². The van der Waals surface area contributed by atoms with E-state index in [4.69, 9.17) is 0 Å². The number of rotatable bonds is 4. The van der Waals surface area contributed by atoms with Gasteiger partial charge in [-0.15, -0.1) is 0 Å². The number of nitrogens with one attached hydrogen (secondary N) is 1. The Morgan fingerprint density at radius 3 is 2.50 bits per heavy atom. The number of nitrogens with zero attached hydrogens (tertiary/aromatic N) is 3. The molecule has 3 aromatic carbocycles. The lowest BCUT2D eigenvalue weighted by Gasteiger charge is -2.29. The van der Waals surface area contributed by atoms with Crippen LogP contribution in [0.4, 0.5) is 11.5 Å². The summed E-state index contributed by atoms with van der Waals surface area (Å²) in [6, 6.07) is 25.0. The predicted octanol–water partition coefficient (Wildman–Crippen LogP) is 5.27. The van der Waals surface area contributed by atoms with Crippen molar-refractivity contribution < 1.29 is 8.42 Å². The molecule has 1 aliphatic rings. The monoisotopic (exact) mass is 466 g/mol. The molecule has 6 rings (SSSR count). The molecule has 168 valence electrons. The van der Waals surface area contributed by atoms with E-state index < -0.39 is 10.0 Å². The van der Waals surface area contributed by atoms with Gasteiger partial charge in [0.25, 0.3) is 0 Å². The van der Waals surface area contributed by atoms with E-state index >= 15 is 0 Å². The molecule has 0 aliphatic carbocycles. The number of anilines is 2. The molecular weight excluding hydrogens is 444 g/mol. The lowest BCUT2D eigenvalue weighted by atomic mass is 10.0. The van der Waals surface area contributed by atoms with E-state index in [0.29, 0.717) is 24.4 Å². The Balaban J connectivity index is 1.28. The minimum atomic E-state index is -3.61. The number of para-hydroxylation sites is 1. The third kappa shape index (κ3) is 3.69. The van der Waals surface area contributed by atoms with Crippen LogP contribution in [0.5, 0.6) is 0 Å². The van der Waals surface area contributed by atoms with Crippen LogP contribution >= 0.6 is 0 Å². The van der Waals surface area contributed by atoms with E-state index in [9.17, 15) is 8.42 Å². The molecule has 0 saturated heterocycles. The van der Waals surface area contributed by atoms with Gasteiger partial charge in [0, 0.05) is 30.2 Å². The molecule has 7 heteroatoms. The fourth-order valence-corrected chi connectivity index (χ4v) is 5.99. The summed E-state index contributed by atoms with van der Waals surface area (Å²) in [4.78, 5) is 9.37. The van der Waals surface area contributed by atoms with Crippen LogP contribution in [0.3, 0.4) is 0 Å². The highest BCUT2D eigenvalue weighted by Gasteiger charge is 2.29. The van der Waals surface area contributed by atoms with Gasteiger partial charge in [-0.25, -0.2) is 13.4 Å². The van der Waals surface area contributed by atoms with E-state index in [-0.39, 0.29) is 0 Å². The molecule has 2 aromatic heterocycles. The van der Waals surface area contributed by atoms with Gasteiger partial charge < -0.3 is 5.32 Å². The van der Waals surface area contributed by atoms with Crippen LogP contribution in [0.2, 0.25) is 0 Å². The van der Waals surface area contributed by atoms with Gasteiger partial charge in [0.15, 0.2) is 0 Å². The van der Waals surface area contributed by atoms with Crippen molar-refractivity contribution in [2.45, 2.75) is 17.9 Å². The fraction of sp³-hybridized carbons (Fsp3) is 0.111. The van der Waals surface area contributed by atoms with Crippen molar-refractivity contribution in [2.75, 3.05) is 11.9 Å². The van der Waals surface area contributed by atoms with Crippen LogP contribution in [0, 0.1) is 0 Å². The molecule has 0 bridgehead atoms. The molecule has 0 radical (unpaired) electrons. The van der Waals surface area contributed by atoms with Gasteiger partial charge in [-0.05, 0) is 53.1 Å². The van der Waals surface area contributed by atoms with Crippen molar-refractivity contribution >= 4 is 43.2 Å².